The number of hydrogen-bond donors (Lipinski definition) is 3. The fourth-order valence-electron chi connectivity index (χ4n) is 6.13. The molecule has 8 nitrogen and oxygen atoms in total. The van der Waals surface area contributed by atoms with E-state index < -0.39 is 23.5 Å². The molecule has 1 aromatic heterocycles. The molecule has 1 amide bonds. The Hall–Kier alpha value is -2.29. The number of aliphatic hydroxyl groups excluding tert-OH is 2. The number of ketones is 1. The summed E-state index contributed by atoms with van der Waals surface area (Å²) in [5.41, 5.74) is 0.830. The molecule has 0 aliphatic carbocycles. The minimum Gasteiger partial charge on any atom is -0.441 e. The number of ether oxygens (including phenoxy) is 1. The number of nitrogens with one attached hydrogen (secondary N) is 1. The number of fused-ring (bicyclic) bond motifs is 2. The summed E-state index contributed by atoms with van der Waals surface area (Å²) in [7, 11) is 0. The van der Waals surface area contributed by atoms with E-state index in [1.807, 2.05) is 25.1 Å². The van der Waals surface area contributed by atoms with E-state index >= 15 is 0 Å². The van der Waals surface area contributed by atoms with Crippen molar-refractivity contribution >= 4 is 22.8 Å². The number of aryl methyl sites for hydroxylation is 1. The molecule has 0 radical (unpaired) electrons. The van der Waals surface area contributed by atoms with Crippen molar-refractivity contribution in [3.05, 3.63) is 29.7 Å². The SMILES string of the molecule is CCCC[C@H]1C(=O)C(C)(C)[C@@H](O)CC(=O)N[C@H](c2ccc3oc(C)nc3c2)C[C@@H]2O[C@]2(C)CCC[C@H](C)[C@@H]1O. The third-order valence-electron chi connectivity index (χ3n) is 9.12. The van der Waals surface area contributed by atoms with Gasteiger partial charge in [0.05, 0.1) is 41.8 Å². The van der Waals surface area contributed by atoms with Gasteiger partial charge in [-0.3, -0.25) is 9.59 Å². The number of oxazole rings is 1. The number of amides is 1. The molecule has 2 fully saturated rings. The largest absolute Gasteiger partial charge is 0.441 e. The van der Waals surface area contributed by atoms with Gasteiger partial charge in [-0.2, -0.15) is 0 Å². The van der Waals surface area contributed by atoms with Crippen molar-refractivity contribution in [2.75, 3.05) is 0 Å². The van der Waals surface area contributed by atoms with Gasteiger partial charge in [0.2, 0.25) is 5.91 Å². The maximum atomic E-state index is 13.8. The normalized spacial score (nSPS) is 34.5. The summed E-state index contributed by atoms with van der Waals surface area (Å²) in [4.78, 5) is 31.5. The number of aliphatic hydroxyl groups is 2. The van der Waals surface area contributed by atoms with E-state index in [4.69, 9.17) is 9.15 Å². The molecule has 4 rings (SSSR count). The molecule has 0 unspecified atom stereocenters. The Balaban J connectivity index is 1.62. The summed E-state index contributed by atoms with van der Waals surface area (Å²) < 4.78 is 11.8. The first-order chi connectivity index (χ1) is 18.4. The molecular formula is C31H46N2O6. The van der Waals surface area contributed by atoms with Crippen molar-refractivity contribution in [2.45, 2.75) is 123 Å². The van der Waals surface area contributed by atoms with Gasteiger partial charge < -0.3 is 24.7 Å². The average molecular weight is 543 g/mol. The number of unbranched alkanes of at least 4 members (excludes halogenated alkanes) is 1. The fraction of sp³-hybridized carbons (Fsp3) is 0.710. The highest BCUT2D eigenvalue weighted by molar-refractivity contribution is 5.88. The smallest absolute Gasteiger partial charge is 0.223 e. The molecular weight excluding hydrogens is 496 g/mol. The highest BCUT2D eigenvalue weighted by Gasteiger charge is 2.52. The predicted octanol–water partition coefficient (Wildman–Crippen LogP) is 5.17. The Labute approximate surface area is 231 Å². The van der Waals surface area contributed by atoms with Crippen LogP contribution in [0, 0.1) is 24.2 Å². The summed E-state index contributed by atoms with van der Waals surface area (Å²) in [6.07, 6.45) is 3.16. The van der Waals surface area contributed by atoms with E-state index in [0.717, 1.165) is 43.2 Å². The lowest BCUT2D eigenvalue weighted by Crippen LogP contribution is -2.47. The highest BCUT2D eigenvalue weighted by Crippen LogP contribution is 2.46. The Morgan fingerprint density at radius 3 is 2.64 bits per heavy atom. The van der Waals surface area contributed by atoms with E-state index in [9.17, 15) is 19.8 Å². The fourth-order valence-corrected chi connectivity index (χ4v) is 6.13. The lowest BCUT2D eigenvalue weighted by molar-refractivity contribution is -0.144. The number of aromatic nitrogens is 1. The molecule has 0 bridgehead atoms. The molecule has 7 atom stereocenters. The third kappa shape index (κ3) is 6.55. The van der Waals surface area contributed by atoms with Crippen LogP contribution in [0.15, 0.2) is 22.6 Å². The minimum atomic E-state index is -1.19. The van der Waals surface area contributed by atoms with Crippen molar-refractivity contribution in [1.82, 2.24) is 10.3 Å². The van der Waals surface area contributed by atoms with Crippen LogP contribution < -0.4 is 5.32 Å². The number of carbonyl (C=O) groups is 2. The molecule has 216 valence electrons. The quantitative estimate of drug-likeness (QED) is 0.455. The van der Waals surface area contributed by atoms with E-state index in [2.05, 4.69) is 24.1 Å². The zero-order valence-corrected chi connectivity index (χ0v) is 24.3. The van der Waals surface area contributed by atoms with Gasteiger partial charge in [0, 0.05) is 19.3 Å². The first kappa shape index (κ1) is 29.7. The topological polar surface area (TPSA) is 125 Å². The van der Waals surface area contributed by atoms with Crippen LogP contribution in [0.1, 0.15) is 103 Å². The van der Waals surface area contributed by atoms with Crippen molar-refractivity contribution in [3.8, 4) is 0 Å². The number of hydrogen-bond acceptors (Lipinski definition) is 7. The maximum Gasteiger partial charge on any atom is 0.223 e. The number of carbonyl (C=O) groups excluding carboxylic acids is 2. The second kappa shape index (κ2) is 11.7. The van der Waals surface area contributed by atoms with Gasteiger partial charge in [-0.25, -0.2) is 4.98 Å². The monoisotopic (exact) mass is 542 g/mol. The Morgan fingerprint density at radius 1 is 1.18 bits per heavy atom. The second-order valence-corrected chi connectivity index (χ2v) is 12.6. The van der Waals surface area contributed by atoms with Crippen LogP contribution in [0.25, 0.3) is 11.1 Å². The van der Waals surface area contributed by atoms with Crippen LogP contribution in [-0.4, -0.2) is 50.8 Å². The molecule has 2 aromatic rings. The summed E-state index contributed by atoms with van der Waals surface area (Å²) in [5, 5.41) is 25.6. The zero-order chi connectivity index (χ0) is 28.5. The van der Waals surface area contributed by atoms with Gasteiger partial charge in [0.1, 0.15) is 11.3 Å². The Bertz CT molecular complexity index is 1180. The lowest BCUT2D eigenvalue weighted by atomic mass is 9.70. The Kier molecular flexibility index (Phi) is 8.89. The predicted molar refractivity (Wildman–Crippen MR) is 149 cm³/mol. The molecule has 2 aliphatic rings. The molecule has 8 heteroatoms. The summed E-state index contributed by atoms with van der Waals surface area (Å²) >= 11 is 0. The van der Waals surface area contributed by atoms with Crippen LogP contribution in [0.5, 0.6) is 0 Å². The van der Waals surface area contributed by atoms with Gasteiger partial charge in [0.25, 0.3) is 0 Å². The number of epoxide rings is 1. The average Bonchev–Trinajstić information content (AvgIpc) is 3.34. The molecule has 2 aliphatic heterocycles. The Morgan fingerprint density at radius 2 is 1.92 bits per heavy atom. The molecule has 39 heavy (non-hydrogen) atoms. The van der Waals surface area contributed by atoms with E-state index in [-0.39, 0.29) is 41.8 Å². The zero-order valence-electron chi connectivity index (χ0n) is 24.3. The van der Waals surface area contributed by atoms with Crippen molar-refractivity contribution in [2.24, 2.45) is 17.3 Å². The minimum absolute atomic E-state index is 0.0223. The molecule has 1 aromatic carbocycles. The van der Waals surface area contributed by atoms with E-state index in [0.29, 0.717) is 24.3 Å². The summed E-state index contributed by atoms with van der Waals surface area (Å²) in [5.74, 6) is -0.576. The number of nitrogens with zero attached hydrogens (tertiary/aromatic N) is 1. The molecule has 0 saturated carbocycles. The van der Waals surface area contributed by atoms with Gasteiger partial charge in [0.15, 0.2) is 11.5 Å². The van der Waals surface area contributed by atoms with Crippen LogP contribution in [-0.2, 0) is 14.3 Å². The van der Waals surface area contributed by atoms with Gasteiger partial charge in [-0.05, 0) is 49.8 Å². The summed E-state index contributed by atoms with van der Waals surface area (Å²) in [6, 6.07) is 5.38. The second-order valence-electron chi connectivity index (χ2n) is 12.6. The third-order valence-corrected chi connectivity index (χ3v) is 9.12. The maximum absolute atomic E-state index is 13.8. The van der Waals surface area contributed by atoms with Gasteiger partial charge in [-0.1, -0.05) is 53.0 Å². The highest BCUT2D eigenvalue weighted by atomic mass is 16.6. The lowest BCUT2D eigenvalue weighted by Gasteiger charge is -2.36. The van der Waals surface area contributed by atoms with E-state index in [1.165, 1.54) is 0 Å². The van der Waals surface area contributed by atoms with Crippen LogP contribution >= 0.6 is 0 Å². The number of Topliss-reactive ketones (excluding diaryl/α,β-unsaturated/α-hetero) is 1. The van der Waals surface area contributed by atoms with E-state index in [1.54, 1.807) is 20.8 Å². The number of rotatable bonds is 4. The summed E-state index contributed by atoms with van der Waals surface area (Å²) in [6.45, 7) is 11.3. The van der Waals surface area contributed by atoms with Crippen LogP contribution in [0.2, 0.25) is 0 Å². The van der Waals surface area contributed by atoms with Crippen LogP contribution in [0.4, 0.5) is 0 Å². The van der Waals surface area contributed by atoms with Crippen LogP contribution in [0.3, 0.4) is 0 Å². The number of benzene rings is 1. The standard InChI is InChI=1S/C31H46N2O6/c1-7-8-11-21-28(36)18(2)10-9-14-31(6)26(39-31)16-22(20-12-13-24-23(15-20)32-19(3)38-24)33-27(35)17-25(34)30(4,5)29(21)37/h12-13,15,18,21-22,25-26,28,34,36H,7-11,14,16-17H2,1-6H3,(H,33,35)/t18-,21+,22-,25-,26-,28-,31+/m0/s1. The van der Waals surface area contributed by atoms with Gasteiger partial charge in [-0.15, -0.1) is 0 Å². The van der Waals surface area contributed by atoms with Crippen molar-refractivity contribution in [3.63, 3.8) is 0 Å². The first-order valence-electron chi connectivity index (χ1n) is 14.6. The molecule has 2 saturated heterocycles. The molecule has 0 spiro atoms. The van der Waals surface area contributed by atoms with Crippen molar-refractivity contribution in [1.29, 1.82) is 0 Å². The molecule has 3 N–H and O–H groups in total. The van der Waals surface area contributed by atoms with Gasteiger partial charge >= 0.3 is 0 Å². The first-order valence-corrected chi connectivity index (χ1v) is 14.6. The molecule has 3 heterocycles. The van der Waals surface area contributed by atoms with Crippen molar-refractivity contribution < 1.29 is 29.0 Å².